The van der Waals surface area contributed by atoms with Crippen LogP contribution in [0.1, 0.15) is 31.3 Å². The van der Waals surface area contributed by atoms with E-state index in [9.17, 15) is 19.9 Å². The smallest absolute Gasteiger partial charge is 0.469 e. The number of aromatic hydroxyl groups is 1. The fraction of sp³-hybridized carbons (Fsp3) is 0.688. The molecule has 168 valence electrons. The summed E-state index contributed by atoms with van der Waals surface area (Å²) in [6.45, 7) is 0.104. The van der Waals surface area contributed by atoms with Gasteiger partial charge in [0.1, 0.15) is 24.1 Å². The van der Waals surface area contributed by atoms with Crippen molar-refractivity contribution in [3.05, 3.63) is 12.2 Å². The van der Waals surface area contributed by atoms with Crippen LogP contribution in [0, 0.1) is 0 Å². The number of nitrogens with zero attached hydrogens (tertiary/aromatic N) is 4. The molecule has 13 nitrogen and oxygen atoms in total. The first-order valence-corrected chi connectivity index (χ1v) is 11.0. The molecular weight excluding hydrogens is 469 g/mol. The van der Waals surface area contributed by atoms with Crippen LogP contribution >= 0.6 is 7.82 Å². The third-order valence-corrected chi connectivity index (χ3v) is 5.67. The normalized spacial score (nSPS) is 27.9. The van der Waals surface area contributed by atoms with E-state index < -0.39 is 39.0 Å². The maximum Gasteiger partial charge on any atom is 0.469 e. The Bertz CT molecular complexity index is 955. The van der Waals surface area contributed by atoms with Crippen molar-refractivity contribution < 1.29 is 43.7 Å². The van der Waals surface area contributed by atoms with Gasteiger partial charge in [0, 0.05) is 72.1 Å². The zero-order valence-corrected chi connectivity index (χ0v) is 22.7. The van der Waals surface area contributed by atoms with Crippen molar-refractivity contribution in [2.24, 2.45) is 0 Å². The molecule has 0 saturated carbocycles. The van der Waals surface area contributed by atoms with Gasteiger partial charge in [-0.1, -0.05) is 0 Å². The van der Waals surface area contributed by atoms with E-state index in [0.29, 0.717) is 18.7 Å². The standard InChI is InChI=1S/C16H23N4O9P.2Na/c21-12-9(6-28-30(24,25)26)29-16(13(12)22)20-7-17-11-14(20)18-10(19-15(11)23)4-3-8-2-1-5-27-8;;/h7-9,12-13,16,21-22H,1-6H2,(H,18,19,23)(H2,24,25,26);;/t8?,9-,12-,13-,16-;;/m1../s1. The van der Waals surface area contributed by atoms with Crippen molar-refractivity contribution in [2.75, 3.05) is 13.2 Å². The average Bonchev–Trinajstić information content (AvgIpc) is 3.40. The fourth-order valence-corrected chi connectivity index (χ4v) is 4.01. The molecule has 0 aromatic carbocycles. The van der Waals surface area contributed by atoms with E-state index in [2.05, 4.69) is 19.5 Å². The summed E-state index contributed by atoms with van der Waals surface area (Å²) in [6, 6.07) is 0. The minimum absolute atomic E-state index is 0. The van der Waals surface area contributed by atoms with Gasteiger partial charge in [-0.2, -0.15) is 4.98 Å². The van der Waals surface area contributed by atoms with Crippen molar-refractivity contribution in [3.8, 4) is 5.88 Å². The molecule has 4 rings (SSSR count). The topological polar surface area (TPSA) is 190 Å². The summed E-state index contributed by atoms with van der Waals surface area (Å²) in [7, 11) is -4.77. The van der Waals surface area contributed by atoms with Crippen molar-refractivity contribution >= 4 is 78.1 Å². The van der Waals surface area contributed by atoms with E-state index in [-0.39, 0.29) is 82.3 Å². The number of hydrogen-bond donors (Lipinski definition) is 5. The number of aryl methyl sites for hydroxylation is 1. The van der Waals surface area contributed by atoms with Crippen LogP contribution in [0.15, 0.2) is 6.33 Å². The van der Waals surface area contributed by atoms with Crippen LogP contribution in [0.2, 0.25) is 0 Å². The zero-order chi connectivity index (χ0) is 21.5. The number of phosphoric ester groups is 1. The number of aliphatic hydroxyl groups is 2. The molecule has 5 atom stereocenters. The molecule has 2 aromatic rings. The molecule has 0 bridgehead atoms. The van der Waals surface area contributed by atoms with Gasteiger partial charge in [-0.05, 0) is 19.3 Å². The first-order chi connectivity index (χ1) is 14.2. The maximum absolute atomic E-state index is 10.9. The quantitative estimate of drug-likeness (QED) is 0.225. The Morgan fingerprint density at radius 3 is 2.62 bits per heavy atom. The Morgan fingerprint density at radius 1 is 1.22 bits per heavy atom. The van der Waals surface area contributed by atoms with Gasteiger partial charge < -0.3 is 34.6 Å². The number of hydrogen-bond acceptors (Lipinski definition) is 10. The zero-order valence-electron chi connectivity index (χ0n) is 17.8. The molecule has 32 heavy (non-hydrogen) atoms. The summed E-state index contributed by atoms with van der Waals surface area (Å²) < 4.78 is 27.7. The van der Waals surface area contributed by atoms with Crippen molar-refractivity contribution in [3.63, 3.8) is 0 Å². The Morgan fingerprint density at radius 2 is 1.97 bits per heavy atom. The molecule has 2 aliphatic rings. The molecule has 1 unspecified atom stereocenters. The summed E-state index contributed by atoms with van der Waals surface area (Å²) in [5.74, 6) is 0.0437. The van der Waals surface area contributed by atoms with Gasteiger partial charge in [0.05, 0.1) is 19.0 Å². The van der Waals surface area contributed by atoms with Crippen LogP contribution < -0.4 is 0 Å². The maximum atomic E-state index is 10.9. The predicted molar refractivity (Wildman–Crippen MR) is 110 cm³/mol. The SMILES string of the molecule is O=P(O)(O)OC[C@H]1O[C@@H](n2cnc3c(O)nc(CCC4CCCO4)nc32)[C@H](O)[C@@H]1O.[Na].[Na]. The number of imidazole rings is 1. The molecule has 2 saturated heterocycles. The van der Waals surface area contributed by atoms with Crippen molar-refractivity contribution in [1.29, 1.82) is 0 Å². The number of aromatic nitrogens is 4. The summed E-state index contributed by atoms with van der Waals surface area (Å²) in [5.41, 5.74) is 0.286. The van der Waals surface area contributed by atoms with Crippen LogP contribution in [0.3, 0.4) is 0 Å². The van der Waals surface area contributed by atoms with Crippen molar-refractivity contribution in [1.82, 2.24) is 19.5 Å². The fourth-order valence-electron chi connectivity index (χ4n) is 3.67. The molecule has 2 radical (unpaired) electrons. The van der Waals surface area contributed by atoms with Gasteiger partial charge in [0.15, 0.2) is 17.4 Å². The number of phosphoric acid groups is 1. The predicted octanol–water partition coefficient (Wildman–Crippen LogP) is -1.39. The molecular formula is C16H23N4Na2O9P. The molecule has 0 aliphatic carbocycles. The molecule has 2 aromatic heterocycles. The van der Waals surface area contributed by atoms with E-state index in [0.717, 1.165) is 19.4 Å². The largest absolute Gasteiger partial charge is 0.492 e. The molecule has 16 heteroatoms. The molecule has 2 aliphatic heterocycles. The summed E-state index contributed by atoms with van der Waals surface area (Å²) in [4.78, 5) is 30.2. The molecule has 0 spiro atoms. The summed E-state index contributed by atoms with van der Waals surface area (Å²) >= 11 is 0. The summed E-state index contributed by atoms with van der Waals surface area (Å²) in [6.07, 6.45) is -0.721. The van der Waals surface area contributed by atoms with E-state index in [4.69, 9.17) is 19.3 Å². The van der Waals surface area contributed by atoms with Gasteiger partial charge in [0.25, 0.3) is 0 Å². The second kappa shape index (κ2) is 11.8. The van der Waals surface area contributed by atoms with Gasteiger partial charge in [-0.15, -0.1) is 0 Å². The van der Waals surface area contributed by atoms with E-state index in [1.807, 2.05) is 0 Å². The second-order valence-electron chi connectivity index (χ2n) is 7.29. The third kappa shape index (κ3) is 6.49. The van der Waals surface area contributed by atoms with Crippen molar-refractivity contribution in [2.45, 2.75) is 56.3 Å². The number of fused-ring (bicyclic) bond motifs is 1. The first kappa shape index (κ1) is 28.5. The van der Waals surface area contributed by atoms with E-state index in [1.54, 1.807) is 0 Å². The van der Waals surface area contributed by atoms with Gasteiger partial charge in [0.2, 0.25) is 5.88 Å². The molecule has 2 fully saturated rings. The Hall–Kier alpha value is 0.300. The summed E-state index contributed by atoms with van der Waals surface area (Å²) in [5, 5.41) is 30.8. The minimum atomic E-state index is -4.77. The van der Waals surface area contributed by atoms with Gasteiger partial charge >= 0.3 is 7.82 Å². The molecule has 5 N–H and O–H groups in total. The van der Waals surface area contributed by atoms with Gasteiger partial charge in [-0.3, -0.25) is 9.09 Å². The number of rotatable bonds is 7. The van der Waals surface area contributed by atoms with Crippen LogP contribution in [-0.2, 0) is 25.0 Å². The van der Waals surface area contributed by atoms with Crippen LogP contribution in [0.25, 0.3) is 11.2 Å². The number of ether oxygens (including phenoxy) is 2. The first-order valence-electron chi connectivity index (χ1n) is 9.48. The minimum Gasteiger partial charge on any atom is -0.492 e. The number of aliphatic hydroxyl groups excluding tert-OH is 2. The van der Waals surface area contributed by atoms with Crippen LogP contribution in [-0.4, -0.2) is 141 Å². The average molecular weight is 492 g/mol. The van der Waals surface area contributed by atoms with Crippen LogP contribution in [0.5, 0.6) is 5.88 Å². The third-order valence-electron chi connectivity index (χ3n) is 5.18. The molecule has 0 amide bonds. The molecule has 4 heterocycles. The van der Waals surface area contributed by atoms with E-state index >= 15 is 0 Å². The van der Waals surface area contributed by atoms with Crippen LogP contribution in [0.4, 0.5) is 0 Å². The monoisotopic (exact) mass is 492 g/mol. The van der Waals surface area contributed by atoms with Gasteiger partial charge in [-0.25, -0.2) is 14.5 Å². The second-order valence-corrected chi connectivity index (χ2v) is 8.53. The Kier molecular flexibility index (Phi) is 10.5. The van der Waals surface area contributed by atoms with E-state index in [1.165, 1.54) is 10.9 Å². The Balaban J connectivity index is 0.00000181. The Labute approximate surface area is 227 Å².